The fraction of sp³-hybridized carbons (Fsp3) is 0.632. The third-order valence-electron chi connectivity index (χ3n) is 4.32. The zero-order chi connectivity index (χ0) is 17.2. The van der Waals surface area contributed by atoms with Gasteiger partial charge in [0.05, 0.1) is 12.1 Å². The molecule has 0 bridgehead atoms. The molecule has 0 spiro atoms. The topological polar surface area (TPSA) is 56.8 Å². The number of amides is 1. The van der Waals surface area contributed by atoms with Crippen LogP contribution in [0.3, 0.4) is 0 Å². The van der Waals surface area contributed by atoms with E-state index in [-0.39, 0.29) is 18.4 Å². The van der Waals surface area contributed by atoms with Crippen LogP contribution in [-0.2, 0) is 20.6 Å². The minimum absolute atomic E-state index is 0.127. The number of alkyl carbamates (subject to hydrolysis) is 1. The summed E-state index contributed by atoms with van der Waals surface area (Å²) in [6, 6.07) is 7.93. The summed E-state index contributed by atoms with van der Waals surface area (Å²) < 4.78 is 17.3. The van der Waals surface area contributed by atoms with Crippen LogP contribution in [0.1, 0.15) is 57.2 Å². The molecule has 1 heterocycles. The second kappa shape index (κ2) is 7.11. The molecular weight excluding hydrogens is 306 g/mol. The first-order valence-electron chi connectivity index (χ1n) is 8.77. The smallest absolute Gasteiger partial charge is 0.408 e. The van der Waals surface area contributed by atoms with E-state index in [1.165, 1.54) is 5.56 Å². The van der Waals surface area contributed by atoms with Gasteiger partial charge in [-0.05, 0) is 51.2 Å². The molecule has 1 unspecified atom stereocenters. The quantitative estimate of drug-likeness (QED) is 0.916. The molecule has 2 aliphatic rings. The molecule has 0 aromatic heterocycles. The van der Waals surface area contributed by atoms with Gasteiger partial charge in [-0.2, -0.15) is 0 Å². The first kappa shape index (κ1) is 17.2. The van der Waals surface area contributed by atoms with Crippen LogP contribution in [0.25, 0.3) is 0 Å². The van der Waals surface area contributed by atoms with Gasteiger partial charge < -0.3 is 19.5 Å². The van der Waals surface area contributed by atoms with Crippen molar-refractivity contribution in [3.05, 3.63) is 35.4 Å². The number of rotatable bonds is 3. The lowest BCUT2D eigenvalue weighted by Gasteiger charge is -2.30. The van der Waals surface area contributed by atoms with Crippen molar-refractivity contribution >= 4 is 6.09 Å². The second-order valence-corrected chi connectivity index (χ2v) is 7.50. The van der Waals surface area contributed by atoms with Gasteiger partial charge in [-0.15, -0.1) is 0 Å². The van der Waals surface area contributed by atoms with E-state index in [9.17, 15) is 4.79 Å². The highest BCUT2D eigenvalue weighted by atomic mass is 16.7. The van der Waals surface area contributed by atoms with Gasteiger partial charge >= 0.3 is 6.09 Å². The summed E-state index contributed by atoms with van der Waals surface area (Å²) in [5, 5.41) is 2.99. The SMILES string of the molecule is CC(C)(C)OC(=O)N[C@@H]1c2ccccc2C[C@@H]1OC1CCCCO1. The number of hydrogen-bond acceptors (Lipinski definition) is 4. The molecule has 1 aromatic rings. The predicted octanol–water partition coefficient (Wildman–Crippen LogP) is 3.72. The molecular formula is C19H27NO4. The number of carbonyl (C=O) groups excluding carboxylic acids is 1. The Morgan fingerprint density at radius 2 is 2.04 bits per heavy atom. The van der Waals surface area contributed by atoms with Gasteiger partial charge in [0.15, 0.2) is 6.29 Å². The van der Waals surface area contributed by atoms with Crippen LogP contribution in [0.4, 0.5) is 4.79 Å². The molecule has 132 valence electrons. The molecule has 5 heteroatoms. The lowest BCUT2D eigenvalue weighted by atomic mass is 10.1. The van der Waals surface area contributed by atoms with Gasteiger partial charge in [-0.25, -0.2) is 4.79 Å². The van der Waals surface area contributed by atoms with Crippen LogP contribution in [-0.4, -0.2) is 30.7 Å². The van der Waals surface area contributed by atoms with E-state index in [2.05, 4.69) is 11.4 Å². The molecule has 1 aliphatic carbocycles. The van der Waals surface area contributed by atoms with Gasteiger partial charge in [0.2, 0.25) is 0 Å². The molecule has 24 heavy (non-hydrogen) atoms. The van der Waals surface area contributed by atoms with E-state index in [4.69, 9.17) is 14.2 Å². The van der Waals surface area contributed by atoms with Crippen molar-refractivity contribution in [2.75, 3.05) is 6.61 Å². The Morgan fingerprint density at radius 1 is 1.25 bits per heavy atom. The number of hydrogen-bond donors (Lipinski definition) is 1. The average molecular weight is 333 g/mol. The highest BCUT2D eigenvalue weighted by molar-refractivity contribution is 5.69. The van der Waals surface area contributed by atoms with Crippen LogP contribution >= 0.6 is 0 Å². The maximum absolute atomic E-state index is 12.2. The zero-order valence-corrected chi connectivity index (χ0v) is 14.7. The third kappa shape index (κ3) is 4.28. The Bertz CT molecular complexity index is 575. The number of ether oxygens (including phenoxy) is 3. The Labute approximate surface area is 143 Å². The van der Waals surface area contributed by atoms with Gasteiger partial charge in [-0.1, -0.05) is 24.3 Å². The number of nitrogens with one attached hydrogen (secondary N) is 1. The molecule has 1 fully saturated rings. The van der Waals surface area contributed by atoms with Crippen molar-refractivity contribution in [1.82, 2.24) is 5.32 Å². The molecule has 0 radical (unpaired) electrons. The summed E-state index contributed by atoms with van der Waals surface area (Å²) in [6.45, 7) is 6.32. The summed E-state index contributed by atoms with van der Waals surface area (Å²) in [7, 11) is 0. The minimum Gasteiger partial charge on any atom is -0.444 e. The molecule has 3 atom stereocenters. The summed E-state index contributed by atoms with van der Waals surface area (Å²) in [4.78, 5) is 12.2. The third-order valence-corrected chi connectivity index (χ3v) is 4.32. The van der Waals surface area contributed by atoms with Gasteiger partial charge in [0, 0.05) is 13.0 Å². The normalized spacial score (nSPS) is 26.7. The minimum atomic E-state index is -0.523. The van der Waals surface area contributed by atoms with E-state index in [0.717, 1.165) is 37.9 Å². The van der Waals surface area contributed by atoms with Crippen molar-refractivity contribution in [2.24, 2.45) is 0 Å². The Morgan fingerprint density at radius 3 is 2.75 bits per heavy atom. The van der Waals surface area contributed by atoms with Crippen LogP contribution in [0.5, 0.6) is 0 Å². The first-order chi connectivity index (χ1) is 11.4. The molecule has 1 amide bonds. The fourth-order valence-corrected chi connectivity index (χ4v) is 3.30. The van der Waals surface area contributed by atoms with Crippen LogP contribution in [0, 0.1) is 0 Å². The van der Waals surface area contributed by atoms with E-state index < -0.39 is 11.7 Å². The average Bonchev–Trinajstić information content (AvgIpc) is 2.84. The first-order valence-corrected chi connectivity index (χ1v) is 8.77. The van der Waals surface area contributed by atoms with Gasteiger partial charge in [-0.3, -0.25) is 0 Å². The predicted molar refractivity (Wildman–Crippen MR) is 90.7 cm³/mol. The van der Waals surface area contributed by atoms with Crippen molar-refractivity contribution in [2.45, 2.75) is 70.5 Å². The number of carbonyl (C=O) groups is 1. The zero-order valence-electron chi connectivity index (χ0n) is 14.7. The Hall–Kier alpha value is -1.59. The van der Waals surface area contributed by atoms with Crippen molar-refractivity contribution in [1.29, 1.82) is 0 Å². The van der Waals surface area contributed by atoms with E-state index in [0.29, 0.717) is 0 Å². The fourth-order valence-electron chi connectivity index (χ4n) is 3.30. The summed E-state index contributed by atoms with van der Waals surface area (Å²) >= 11 is 0. The molecule has 3 rings (SSSR count). The largest absolute Gasteiger partial charge is 0.444 e. The summed E-state index contributed by atoms with van der Waals surface area (Å²) in [5.41, 5.74) is 1.79. The van der Waals surface area contributed by atoms with E-state index >= 15 is 0 Å². The maximum atomic E-state index is 12.2. The molecule has 5 nitrogen and oxygen atoms in total. The molecule has 1 N–H and O–H groups in total. The second-order valence-electron chi connectivity index (χ2n) is 7.50. The van der Waals surface area contributed by atoms with Gasteiger partial charge in [0.1, 0.15) is 5.60 Å². The standard InChI is InChI=1S/C19H27NO4/c1-19(2,3)24-18(21)20-17-14-9-5-4-8-13(14)12-15(17)23-16-10-6-7-11-22-16/h4-5,8-9,15-17H,6-7,10-12H2,1-3H3,(H,20,21)/t15-,16?,17+/m0/s1. The van der Waals surface area contributed by atoms with Crippen LogP contribution in [0.2, 0.25) is 0 Å². The summed E-state index contributed by atoms with van der Waals surface area (Å²) in [5.74, 6) is 0. The number of fused-ring (bicyclic) bond motifs is 1. The monoisotopic (exact) mass is 333 g/mol. The highest BCUT2D eigenvalue weighted by Gasteiger charge is 2.37. The lowest BCUT2D eigenvalue weighted by molar-refractivity contribution is -0.191. The van der Waals surface area contributed by atoms with Crippen LogP contribution in [0.15, 0.2) is 24.3 Å². The van der Waals surface area contributed by atoms with Crippen molar-refractivity contribution in [3.63, 3.8) is 0 Å². The Kier molecular flexibility index (Phi) is 5.11. The van der Waals surface area contributed by atoms with Gasteiger partial charge in [0.25, 0.3) is 0 Å². The molecule has 0 saturated carbocycles. The van der Waals surface area contributed by atoms with E-state index in [1.807, 2.05) is 39.0 Å². The number of benzene rings is 1. The van der Waals surface area contributed by atoms with Crippen molar-refractivity contribution < 1.29 is 19.0 Å². The summed E-state index contributed by atoms with van der Waals surface area (Å²) in [6.07, 6.45) is 3.17. The molecule has 1 aliphatic heterocycles. The lowest BCUT2D eigenvalue weighted by Crippen LogP contribution is -2.40. The van der Waals surface area contributed by atoms with E-state index in [1.54, 1.807) is 0 Å². The molecule has 1 aromatic carbocycles. The van der Waals surface area contributed by atoms with Crippen LogP contribution < -0.4 is 5.32 Å². The molecule has 1 saturated heterocycles. The van der Waals surface area contributed by atoms with Crippen molar-refractivity contribution in [3.8, 4) is 0 Å². The Balaban J connectivity index is 1.71. The highest BCUT2D eigenvalue weighted by Crippen LogP contribution is 2.35. The maximum Gasteiger partial charge on any atom is 0.408 e.